The number of rotatable bonds is 2. The third-order valence-electron chi connectivity index (χ3n) is 7.52. The van der Waals surface area contributed by atoms with Crippen molar-refractivity contribution < 1.29 is 18.8 Å². The predicted octanol–water partition coefficient (Wildman–Crippen LogP) is 4.32. The lowest BCUT2D eigenvalue weighted by Gasteiger charge is -2.35. The van der Waals surface area contributed by atoms with Crippen molar-refractivity contribution in [2.75, 3.05) is 0 Å². The Morgan fingerprint density at radius 3 is 2.53 bits per heavy atom. The van der Waals surface area contributed by atoms with E-state index in [9.17, 15) is 4.79 Å². The number of H-pyrrole nitrogens is 1. The molecule has 2 saturated heterocycles. The van der Waals surface area contributed by atoms with Gasteiger partial charge >= 0.3 is 13.2 Å². The Morgan fingerprint density at radius 2 is 1.88 bits per heavy atom. The minimum absolute atomic E-state index is 0.0729. The number of carbonyl (C=O) groups excluding carboxylic acids is 1. The van der Waals surface area contributed by atoms with E-state index < -0.39 is 12.7 Å². The normalized spacial score (nSPS) is 28.7. The van der Waals surface area contributed by atoms with Crippen LogP contribution in [0.2, 0.25) is 0 Å². The largest absolute Gasteiger partial charge is 0.494 e. The van der Waals surface area contributed by atoms with E-state index in [-0.39, 0.29) is 29.4 Å². The number of nitrogens with zero attached hydrogens (tertiary/aromatic N) is 2. The number of fused-ring (bicyclic) bond motifs is 3. The van der Waals surface area contributed by atoms with Gasteiger partial charge in [-0.15, -0.1) is 0 Å². The average Bonchev–Trinajstić information content (AvgIpc) is 3.41. The number of benzene rings is 1. The van der Waals surface area contributed by atoms with Crippen molar-refractivity contribution in [2.24, 2.45) is 5.92 Å². The summed E-state index contributed by atoms with van der Waals surface area (Å²) in [4.78, 5) is 23.3. The molecule has 2 aliphatic heterocycles. The quantitative estimate of drug-likeness (QED) is 0.706. The molecular formula is C24H34BN3O4. The summed E-state index contributed by atoms with van der Waals surface area (Å²) in [6.07, 6.45) is 2.92. The van der Waals surface area contributed by atoms with Crippen LogP contribution in [0.25, 0.3) is 11.0 Å². The van der Waals surface area contributed by atoms with Gasteiger partial charge in [0.1, 0.15) is 11.4 Å². The first-order valence-electron chi connectivity index (χ1n) is 11.7. The fraction of sp³-hybridized carbons (Fsp3) is 0.667. The molecule has 1 N–H and O–H groups in total. The van der Waals surface area contributed by atoms with Gasteiger partial charge in [0.2, 0.25) is 0 Å². The predicted molar refractivity (Wildman–Crippen MR) is 124 cm³/mol. The smallest absolute Gasteiger partial charge is 0.444 e. The summed E-state index contributed by atoms with van der Waals surface area (Å²) in [7, 11) is -0.420. The van der Waals surface area contributed by atoms with E-state index >= 15 is 0 Å². The van der Waals surface area contributed by atoms with Crippen LogP contribution >= 0.6 is 0 Å². The highest BCUT2D eigenvalue weighted by Gasteiger charge is 2.52. The topological polar surface area (TPSA) is 76.7 Å². The molecule has 5 rings (SSSR count). The molecule has 2 aromatic rings. The van der Waals surface area contributed by atoms with Crippen molar-refractivity contribution in [1.29, 1.82) is 0 Å². The summed E-state index contributed by atoms with van der Waals surface area (Å²) in [5.74, 6) is 1.25. The average molecular weight is 439 g/mol. The van der Waals surface area contributed by atoms with Gasteiger partial charge in [-0.2, -0.15) is 0 Å². The molecule has 2 bridgehead atoms. The number of piperidine rings is 1. The lowest BCUT2D eigenvalue weighted by Crippen LogP contribution is -2.43. The van der Waals surface area contributed by atoms with Crippen LogP contribution in [0.5, 0.6) is 0 Å². The molecule has 1 saturated carbocycles. The number of imidazole rings is 1. The fourth-order valence-corrected chi connectivity index (χ4v) is 5.23. The molecule has 0 spiro atoms. The van der Waals surface area contributed by atoms with Gasteiger partial charge in [0.15, 0.2) is 0 Å². The van der Waals surface area contributed by atoms with Gasteiger partial charge in [0.05, 0.1) is 28.3 Å². The van der Waals surface area contributed by atoms with Gasteiger partial charge in [-0.1, -0.05) is 6.07 Å². The highest BCUT2D eigenvalue weighted by molar-refractivity contribution is 6.62. The lowest BCUT2D eigenvalue weighted by atomic mass is 9.79. The zero-order valence-electron chi connectivity index (χ0n) is 20.2. The summed E-state index contributed by atoms with van der Waals surface area (Å²) in [5, 5.41) is 0. The first kappa shape index (κ1) is 21.8. The number of aromatic nitrogens is 2. The Labute approximate surface area is 190 Å². The van der Waals surface area contributed by atoms with Crippen LogP contribution in [0.15, 0.2) is 18.2 Å². The summed E-state index contributed by atoms with van der Waals surface area (Å²) >= 11 is 0. The van der Waals surface area contributed by atoms with Gasteiger partial charge in [-0.3, -0.25) is 4.90 Å². The molecule has 0 radical (unpaired) electrons. The standard InChI is InChI=1S/C24H34BN3O4/c1-22(2,3)30-21(29)28-16-10-8-14(12-16)19(28)20-26-17-11-9-15(13-18(17)27-20)25-31-23(4,5)24(6,7)32-25/h9,11,13-14,16,19H,8,10,12H2,1-7H3,(H,26,27)/t14-,16+,19+/m0/s1. The second-order valence-corrected chi connectivity index (χ2v) is 11.5. The molecule has 7 nitrogen and oxygen atoms in total. The van der Waals surface area contributed by atoms with Crippen molar-refractivity contribution >= 4 is 29.7 Å². The van der Waals surface area contributed by atoms with Crippen molar-refractivity contribution in [3.63, 3.8) is 0 Å². The molecule has 3 fully saturated rings. The molecule has 1 aromatic heterocycles. The molecule has 1 aromatic carbocycles. The molecular weight excluding hydrogens is 405 g/mol. The molecule has 0 unspecified atom stereocenters. The van der Waals surface area contributed by atoms with E-state index in [1.54, 1.807) is 0 Å². The summed E-state index contributed by atoms with van der Waals surface area (Å²) < 4.78 is 18.2. The number of hydrogen-bond donors (Lipinski definition) is 1. The van der Waals surface area contributed by atoms with E-state index in [4.69, 9.17) is 19.0 Å². The van der Waals surface area contributed by atoms with Gasteiger partial charge in [-0.25, -0.2) is 9.78 Å². The number of likely N-dealkylation sites (tertiary alicyclic amines) is 1. The molecule has 3 heterocycles. The van der Waals surface area contributed by atoms with Crippen molar-refractivity contribution in [2.45, 2.75) is 96.6 Å². The molecule has 172 valence electrons. The van der Waals surface area contributed by atoms with Crippen LogP contribution in [0.1, 0.15) is 79.6 Å². The highest BCUT2D eigenvalue weighted by atomic mass is 16.7. The van der Waals surface area contributed by atoms with Gasteiger partial charge in [0, 0.05) is 6.04 Å². The zero-order valence-corrected chi connectivity index (χ0v) is 20.2. The third-order valence-corrected chi connectivity index (χ3v) is 7.52. The van der Waals surface area contributed by atoms with Crippen LogP contribution in [0.3, 0.4) is 0 Å². The Hall–Kier alpha value is -2.06. The van der Waals surface area contributed by atoms with E-state index in [0.717, 1.165) is 41.6 Å². The Morgan fingerprint density at radius 1 is 1.19 bits per heavy atom. The van der Waals surface area contributed by atoms with Crippen LogP contribution < -0.4 is 5.46 Å². The maximum absolute atomic E-state index is 13.0. The fourth-order valence-electron chi connectivity index (χ4n) is 5.23. The third kappa shape index (κ3) is 3.52. The highest BCUT2D eigenvalue weighted by Crippen LogP contribution is 2.50. The second kappa shape index (κ2) is 6.97. The number of ether oxygens (including phenoxy) is 1. The first-order chi connectivity index (χ1) is 14.8. The second-order valence-electron chi connectivity index (χ2n) is 11.5. The number of hydrogen-bond acceptors (Lipinski definition) is 5. The maximum atomic E-state index is 13.0. The van der Waals surface area contributed by atoms with Crippen molar-refractivity contribution in [3.8, 4) is 0 Å². The maximum Gasteiger partial charge on any atom is 0.494 e. The van der Waals surface area contributed by atoms with Crippen LogP contribution in [0.4, 0.5) is 4.79 Å². The van der Waals surface area contributed by atoms with Gasteiger partial charge in [0.25, 0.3) is 0 Å². The Balaban J connectivity index is 1.44. The van der Waals surface area contributed by atoms with E-state index in [2.05, 4.69) is 38.7 Å². The Kier molecular flexibility index (Phi) is 4.74. The molecule has 8 heteroatoms. The number of nitrogens with one attached hydrogen (secondary N) is 1. The van der Waals surface area contributed by atoms with Crippen molar-refractivity contribution in [1.82, 2.24) is 14.9 Å². The molecule has 1 amide bonds. The van der Waals surface area contributed by atoms with Gasteiger partial charge in [-0.05, 0) is 91.2 Å². The molecule has 32 heavy (non-hydrogen) atoms. The lowest BCUT2D eigenvalue weighted by molar-refractivity contribution is 0.00578. The van der Waals surface area contributed by atoms with Crippen LogP contribution in [0, 0.1) is 5.92 Å². The van der Waals surface area contributed by atoms with Gasteiger partial charge < -0.3 is 19.0 Å². The number of carbonyl (C=O) groups is 1. The minimum atomic E-state index is -0.519. The summed E-state index contributed by atoms with van der Waals surface area (Å²) in [6.45, 7) is 14.0. The van der Waals surface area contributed by atoms with Crippen LogP contribution in [-0.4, -0.2) is 50.9 Å². The zero-order chi connectivity index (χ0) is 23.1. The van der Waals surface area contributed by atoms with Crippen LogP contribution in [-0.2, 0) is 14.0 Å². The molecule has 3 atom stereocenters. The van der Waals surface area contributed by atoms with Crippen molar-refractivity contribution in [3.05, 3.63) is 24.0 Å². The molecule has 3 aliphatic rings. The number of amides is 1. The summed E-state index contributed by atoms with van der Waals surface area (Å²) in [6, 6.07) is 6.23. The molecule has 1 aliphatic carbocycles. The number of aromatic amines is 1. The minimum Gasteiger partial charge on any atom is -0.444 e. The monoisotopic (exact) mass is 439 g/mol. The summed E-state index contributed by atoms with van der Waals surface area (Å²) in [5.41, 5.74) is 1.48. The van der Waals surface area contributed by atoms with E-state index in [0.29, 0.717) is 5.92 Å². The van der Waals surface area contributed by atoms with E-state index in [1.165, 1.54) is 0 Å². The SMILES string of the molecule is CC(C)(C)OC(=O)N1[C@@H]2CC[C@@H](C2)[C@@H]1c1nc2ccc(B3OC(C)(C)C(C)(C)O3)cc2[nH]1. The first-order valence-corrected chi connectivity index (χ1v) is 11.7. The van der Waals surface area contributed by atoms with E-state index in [1.807, 2.05) is 37.8 Å². The Bertz CT molecular complexity index is 1040.